The third-order valence-corrected chi connectivity index (χ3v) is 3.31. The fourth-order valence-corrected chi connectivity index (χ4v) is 2.23. The molecule has 1 aromatic heterocycles. The Balaban J connectivity index is 2.04. The van der Waals surface area contributed by atoms with Crippen LogP contribution in [0.15, 0.2) is 29.6 Å². The number of aryl methyl sites for hydroxylation is 2. The zero-order chi connectivity index (χ0) is 11.4. The van der Waals surface area contributed by atoms with Gasteiger partial charge in [-0.25, -0.2) is 4.98 Å². The van der Waals surface area contributed by atoms with Gasteiger partial charge in [-0.2, -0.15) is 0 Å². The molecule has 0 atom stereocenters. The summed E-state index contributed by atoms with van der Waals surface area (Å²) in [5.74, 6) is 0.970. The monoisotopic (exact) mass is 233 g/mol. The molecule has 0 aliphatic heterocycles. The molecular formula is C13H15NOS. The maximum absolute atomic E-state index is 5.78. The Kier molecular flexibility index (Phi) is 3.57. The average Bonchev–Trinajstić information content (AvgIpc) is 2.73. The molecule has 0 N–H and O–H groups in total. The van der Waals surface area contributed by atoms with Gasteiger partial charge in [-0.15, -0.1) is 11.3 Å². The predicted molar refractivity (Wildman–Crippen MR) is 67.0 cm³/mol. The van der Waals surface area contributed by atoms with Gasteiger partial charge in [0.25, 0.3) is 0 Å². The van der Waals surface area contributed by atoms with Gasteiger partial charge in [-0.1, -0.05) is 25.1 Å². The minimum atomic E-state index is 0.565. The van der Waals surface area contributed by atoms with E-state index >= 15 is 0 Å². The molecule has 3 heteroatoms. The number of ether oxygens (including phenoxy) is 1. The van der Waals surface area contributed by atoms with E-state index < -0.39 is 0 Å². The number of thiazole rings is 1. The van der Waals surface area contributed by atoms with Crippen molar-refractivity contribution in [1.29, 1.82) is 0 Å². The molecule has 0 amide bonds. The van der Waals surface area contributed by atoms with E-state index in [1.165, 1.54) is 5.56 Å². The lowest BCUT2D eigenvalue weighted by molar-refractivity contribution is 0.302. The molecule has 0 spiro atoms. The smallest absolute Gasteiger partial charge is 0.140 e. The van der Waals surface area contributed by atoms with Crippen LogP contribution in [0.3, 0.4) is 0 Å². The Bertz CT molecular complexity index is 464. The van der Waals surface area contributed by atoms with Gasteiger partial charge in [0.05, 0.1) is 0 Å². The quantitative estimate of drug-likeness (QED) is 0.805. The highest BCUT2D eigenvalue weighted by atomic mass is 32.1. The molecule has 0 bridgehead atoms. The number of hydrogen-bond acceptors (Lipinski definition) is 3. The molecule has 2 nitrogen and oxygen atoms in total. The van der Waals surface area contributed by atoms with Gasteiger partial charge in [0, 0.05) is 11.1 Å². The SMILES string of the molecule is CCc1ccccc1OCc1nc(C)cs1. The molecule has 0 saturated heterocycles. The lowest BCUT2D eigenvalue weighted by Gasteiger charge is -2.08. The van der Waals surface area contributed by atoms with Crippen molar-refractivity contribution in [1.82, 2.24) is 4.98 Å². The Morgan fingerprint density at radius 2 is 2.12 bits per heavy atom. The summed E-state index contributed by atoms with van der Waals surface area (Å²) >= 11 is 1.65. The van der Waals surface area contributed by atoms with Gasteiger partial charge < -0.3 is 4.74 Å². The molecule has 0 aliphatic rings. The summed E-state index contributed by atoms with van der Waals surface area (Å²) in [6.45, 7) is 4.70. The van der Waals surface area contributed by atoms with Crippen molar-refractivity contribution < 1.29 is 4.74 Å². The summed E-state index contributed by atoms with van der Waals surface area (Å²) in [6, 6.07) is 8.16. The molecule has 0 unspecified atom stereocenters. The molecule has 2 rings (SSSR count). The van der Waals surface area contributed by atoms with Crippen molar-refractivity contribution in [2.75, 3.05) is 0 Å². The molecule has 2 aromatic rings. The van der Waals surface area contributed by atoms with Crippen LogP contribution in [0.5, 0.6) is 5.75 Å². The van der Waals surface area contributed by atoms with Crippen molar-refractivity contribution in [3.63, 3.8) is 0 Å². The number of hydrogen-bond donors (Lipinski definition) is 0. The van der Waals surface area contributed by atoms with Crippen LogP contribution in [-0.2, 0) is 13.0 Å². The van der Waals surface area contributed by atoms with E-state index in [0.717, 1.165) is 22.9 Å². The minimum absolute atomic E-state index is 0.565. The van der Waals surface area contributed by atoms with Crippen LogP contribution < -0.4 is 4.74 Å². The van der Waals surface area contributed by atoms with Crippen LogP contribution in [-0.4, -0.2) is 4.98 Å². The second-order valence-corrected chi connectivity index (χ2v) is 4.58. The molecule has 1 aromatic carbocycles. The third kappa shape index (κ3) is 2.61. The van der Waals surface area contributed by atoms with Crippen LogP contribution in [0.4, 0.5) is 0 Å². The normalized spacial score (nSPS) is 10.4. The molecule has 0 saturated carbocycles. The standard InChI is InChI=1S/C13H15NOS/c1-3-11-6-4-5-7-12(11)15-8-13-14-10(2)9-16-13/h4-7,9H,3,8H2,1-2H3. The van der Waals surface area contributed by atoms with Crippen LogP contribution in [0.2, 0.25) is 0 Å². The first-order valence-electron chi connectivity index (χ1n) is 5.41. The fraction of sp³-hybridized carbons (Fsp3) is 0.308. The van der Waals surface area contributed by atoms with Gasteiger partial charge in [-0.3, -0.25) is 0 Å². The fourth-order valence-electron chi connectivity index (χ4n) is 1.55. The summed E-state index contributed by atoms with van der Waals surface area (Å²) in [6.07, 6.45) is 0.993. The molecular weight excluding hydrogens is 218 g/mol. The lowest BCUT2D eigenvalue weighted by atomic mass is 10.1. The Morgan fingerprint density at radius 1 is 1.31 bits per heavy atom. The zero-order valence-electron chi connectivity index (χ0n) is 9.56. The highest BCUT2D eigenvalue weighted by Gasteiger charge is 2.03. The first-order valence-corrected chi connectivity index (χ1v) is 6.29. The van der Waals surface area contributed by atoms with Crippen molar-refractivity contribution >= 4 is 11.3 Å². The second kappa shape index (κ2) is 5.12. The van der Waals surface area contributed by atoms with Gasteiger partial charge in [0.1, 0.15) is 17.4 Å². The predicted octanol–water partition coefficient (Wildman–Crippen LogP) is 3.59. The average molecular weight is 233 g/mol. The number of para-hydroxylation sites is 1. The first kappa shape index (κ1) is 11.1. The molecule has 16 heavy (non-hydrogen) atoms. The molecule has 0 fully saturated rings. The maximum atomic E-state index is 5.78. The summed E-state index contributed by atoms with van der Waals surface area (Å²) in [5.41, 5.74) is 2.31. The van der Waals surface area contributed by atoms with Gasteiger partial charge in [0.15, 0.2) is 0 Å². The van der Waals surface area contributed by atoms with E-state index in [4.69, 9.17) is 4.74 Å². The summed E-state index contributed by atoms with van der Waals surface area (Å²) in [4.78, 5) is 4.37. The third-order valence-electron chi connectivity index (χ3n) is 2.37. The summed E-state index contributed by atoms with van der Waals surface area (Å²) in [5, 5.41) is 3.08. The Hall–Kier alpha value is -1.35. The van der Waals surface area contributed by atoms with Crippen LogP contribution in [0.1, 0.15) is 23.2 Å². The van der Waals surface area contributed by atoms with Gasteiger partial charge in [0.2, 0.25) is 0 Å². The van der Waals surface area contributed by atoms with Gasteiger partial charge >= 0.3 is 0 Å². The van der Waals surface area contributed by atoms with Crippen molar-refractivity contribution in [3.8, 4) is 5.75 Å². The van der Waals surface area contributed by atoms with Crippen molar-refractivity contribution in [3.05, 3.63) is 45.9 Å². The molecule has 0 radical (unpaired) electrons. The number of nitrogens with zero attached hydrogens (tertiary/aromatic N) is 1. The highest BCUT2D eigenvalue weighted by molar-refractivity contribution is 7.09. The van der Waals surface area contributed by atoms with Crippen molar-refractivity contribution in [2.24, 2.45) is 0 Å². The van der Waals surface area contributed by atoms with E-state index in [9.17, 15) is 0 Å². The number of benzene rings is 1. The van der Waals surface area contributed by atoms with Crippen LogP contribution >= 0.6 is 11.3 Å². The van der Waals surface area contributed by atoms with Crippen molar-refractivity contribution in [2.45, 2.75) is 26.9 Å². The van der Waals surface area contributed by atoms with Gasteiger partial charge in [-0.05, 0) is 25.0 Å². The second-order valence-electron chi connectivity index (χ2n) is 3.63. The van der Waals surface area contributed by atoms with E-state index in [-0.39, 0.29) is 0 Å². The van der Waals surface area contributed by atoms with Crippen LogP contribution in [0, 0.1) is 6.92 Å². The highest BCUT2D eigenvalue weighted by Crippen LogP contribution is 2.20. The largest absolute Gasteiger partial charge is 0.486 e. The van der Waals surface area contributed by atoms with E-state index in [2.05, 4.69) is 18.0 Å². The first-order chi connectivity index (χ1) is 7.79. The molecule has 84 valence electrons. The Labute approximate surface area is 99.9 Å². The Morgan fingerprint density at radius 3 is 2.81 bits per heavy atom. The zero-order valence-corrected chi connectivity index (χ0v) is 10.4. The number of rotatable bonds is 4. The molecule has 0 aliphatic carbocycles. The van der Waals surface area contributed by atoms with Crippen LogP contribution in [0.25, 0.3) is 0 Å². The minimum Gasteiger partial charge on any atom is -0.486 e. The summed E-state index contributed by atoms with van der Waals surface area (Å²) < 4.78 is 5.78. The number of aromatic nitrogens is 1. The molecule has 1 heterocycles. The lowest BCUT2D eigenvalue weighted by Crippen LogP contribution is -1.97. The van der Waals surface area contributed by atoms with E-state index in [0.29, 0.717) is 6.61 Å². The maximum Gasteiger partial charge on any atom is 0.140 e. The summed E-state index contributed by atoms with van der Waals surface area (Å²) in [7, 11) is 0. The van der Waals surface area contributed by atoms with E-state index in [1.54, 1.807) is 11.3 Å². The van der Waals surface area contributed by atoms with E-state index in [1.807, 2.05) is 30.5 Å². The topological polar surface area (TPSA) is 22.1 Å².